The standard InChI is InChI=1S/C12H26N2/c1-6-7-11-10-14(12(2,3)4)9-8-13(11)5/h11H,6-10H2,1-5H3. The molecule has 1 aliphatic rings. The summed E-state index contributed by atoms with van der Waals surface area (Å²) in [6.07, 6.45) is 2.63. The van der Waals surface area contributed by atoms with E-state index in [4.69, 9.17) is 0 Å². The van der Waals surface area contributed by atoms with Crippen LogP contribution in [0, 0.1) is 0 Å². The topological polar surface area (TPSA) is 6.48 Å². The quantitative estimate of drug-likeness (QED) is 0.671. The predicted octanol–water partition coefficient (Wildman–Crippen LogP) is 2.20. The highest BCUT2D eigenvalue weighted by Crippen LogP contribution is 2.20. The fourth-order valence-corrected chi connectivity index (χ4v) is 2.20. The van der Waals surface area contributed by atoms with Crippen LogP contribution in [0.1, 0.15) is 40.5 Å². The summed E-state index contributed by atoms with van der Waals surface area (Å²) < 4.78 is 0. The van der Waals surface area contributed by atoms with Crippen LogP contribution in [-0.2, 0) is 0 Å². The summed E-state index contributed by atoms with van der Waals surface area (Å²) in [5, 5.41) is 0. The van der Waals surface area contributed by atoms with E-state index in [1.807, 2.05) is 0 Å². The van der Waals surface area contributed by atoms with E-state index < -0.39 is 0 Å². The average Bonchev–Trinajstić information content (AvgIpc) is 2.07. The highest BCUT2D eigenvalue weighted by atomic mass is 15.3. The van der Waals surface area contributed by atoms with E-state index in [9.17, 15) is 0 Å². The lowest BCUT2D eigenvalue weighted by Gasteiger charge is -2.45. The normalized spacial score (nSPS) is 26.8. The predicted molar refractivity (Wildman–Crippen MR) is 62.7 cm³/mol. The Kier molecular flexibility index (Phi) is 3.96. The highest BCUT2D eigenvalue weighted by Gasteiger charge is 2.29. The molecule has 0 spiro atoms. The van der Waals surface area contributed by atoms with Crippen molar-refractivity contribution < 1.29 is 0 Å². The Bertz CT molecular complexity index is 172. The van der Waals surface area contributed by atoms with Gasteiger partial charge in [-0.15, -0.1) is 0 Å². The van der Waals surface area contributed by atoms with Crippen LogP contribution in [0.15, 0.2) is 0 Å². The SMILES string of the molecule is CCCC1CN(C(C)(C)C)CCN1C. The van der Waals surface area contributed by atoms with Gasteiger partial charge in [0.1, 0.15) is 0 Å². The van der Waals surface area contributed by atoms with E-state index in [1.54, 1.807) is 0 Å². The van der Waals surface area contributed by atoms with Crippen molar-refractivity contribution >= 4 is 0 Å². The van der Waals surface area contributed by atoms with Gasteiger partial charge in [0, 0.05) is 31.2 Å². The van der Waals surface area contributed by atoms with Gasteiger partial charge < -0.3 is 4.90 Å². The van der Waals surface area contributed by atoms with Crippen molar-refractivity contribution in [2.45, 2.75) is 52.1 Å². The Morgan fingerprint density at radius 2 is 1.86 bits per heavy atom. The van der Waals surface area contributed by atoms with Gasteiger partial charge in [0.15, 0.2) is 0 Å². The third-order valence-electron chi connectivity index (χ3n) is 3.35. The molecule has 84 valence electrons. The lowest BCUT2D eigenvalue weighted by molar-refractivity contribution is 0.0319. The largest absolute Gasteiger partial charge is 0.301 e. The molecule has 1 saturated heterocycles. The Labute approximate surface area is 89.3 Å². The maximum absolute atomic E-state index is 2.62. The van der Waals surface area contributed by atoms with Crippen LogP contribution in [0.3, 0.4) is 0 Å². The minimum Gasteiger partial charge on any atom is -0.301 e. The van der Waals surface area contributed by atoms with Crippen molar-refractivity contribution in [3.63, 3.8) is 0 Å². The molecule has 0 aromatic carbocycles. The minimum atomic E-state index is 0.341. The van der Waals surface area contributed by atoms with E-state index in [0.29, 0.717) is 5.54 Å². The molecule has 0 aliphatic carbocycles. The first-order valence-electron chi connectivity index (χ1n) is 5.90. The first-order valence-corrected chi connectivity index (χ1v) is 5.90. The average molecular weight is 198 g/mol. The van der Waals surface area contributed by atoms with E-state index in [2.05, 4.69) is 44.5 Å². The Hall–Kier alpha value is -0.0800. The summed E-state index contributed by atoms with van der Waals surface area (Å²) in [6.45, 7) is 12.9. The molecule has 2 nitrogen and oxygen atoms in total. The Morgan fingerprint density at radius 3 is 2.36 bits per heavy atom. The molecule has 0 amide bonds. The number of likely N-dealkylation sites (N-methyl/N-ethyl adjacent to an activating group) is 1. The molecule has 0 bridgehead atoms. The van der Waals surface area contributed by atoms with Crippen LogP contribution >= 0.6 is 0 Å². The molecular weight excluding hydrogens is 172 g/mol. The van der Waals surface area contributed by atoms with E-state index in [0.717, 1.165) is 6.04 Å². The molecule has 0 aromatic heterocycles. The maximum atomic E-state index is 2.62. The number of nitrogens with zero attached hydrogens (tertiary/aromatic N) is 2. The fourth-order valence-electron chi connectivity index (χ4n) is 2.20. The second-order valence-electron chi connectivity index (χ2n) is 5.54. The van der Waals surface area contributed by atoms with Crippen molar-refractivity contribution in [3.8, 4) is 0 Å². The lowest BCUT2D eigenvalue weighted by atomic mass is 10.0. The smallest absolute Gasteiger partial charge is 0.0220 e. The van der Waals surface area contributed by atoms with Crippen LogP contribution in [0.25, 0.3) is 0 Å². The summed E-state index contributed by atoms with van der Waals surface area (Å²) in [4.78, 5) is 5.14. The fraction of sp³-hybridized carbons (Fsp3) is 1.00. The molecule has 1 fully saturated rings. The van der Waals surface area contributed by atoms with Gasteiger partial charge in [-0.3, -0.25) is 4.90 Å². The zero-order valence-corrected chi connectivity index (χ0v) is 10.5. The summed E-state index contributed by atoms with van der Waals surface area (Å²) in [7, 11) is 2.26. The molecule has 0 saturated carbocycles. The van der Waals surface area contributed by atoms with Gasteiger partial charge in [-0.25, -0.2) is 0 Å². The summed E-state index contributed by atoms with van der Waals surface area (Å²) in [6, 6.07) is 0.771. The van der Waals surface area contributed by atoms with Crippen LogP contribution < -0.4 is 0 Å². The molecule has 0 N–H and O–H groups in total. The third-order valence-corrected chi connectivity index (χ3v) is 3.35. The van der Waals surface area contributed by atoms with Crippen molar-refractivity contribution in [2.75, 3.05) is 26.7 Å². The zero-order chi connectivity index (χ0) is 10.8. The van der Waals surface area contributed by atoms with E-state index in [1.165, 1.54) is 32.5 Å². The van der Waals surface area contributed by atoms with Gasteiger partial charge in [-0.1, -0.05) is 13.3 Å². The molecule has 1 rings (SSSR count). The third kappa shape index (κ3) is 2.96. The summed E-state index contributed by atoms with van der Waals surface area (Å²) in [5.41, 5.74) is 0.341. The summed E-state index contributed by atoms with van der Waals surface area (Å²) in [5.74, 6) is 0. The molecule has 0 radical (unpaired) electrons. The van der Waals surface area contributed by atoms with Crippen LogP contribution in [-0.4, -0.2) is 48.1 Å². The molecule has 1 atom stereocenters. The number of hydrogen-bond acceptors (Lipinski definition) is 2. The number of hydrogen-bond donors (Lipinski definition) is 0. The monoisotopic (exact) mass is 198 g/mol. The van der Waals surface area contributed by atoms with Gasteiger partial charge in [0.25, 0.3) is 0 Å². The van der Waals surface area contributed by atoms with Crippen LogP contribution in [0.4, 0.5) is 0 Å². The van der Waals surface area contributed by atoms with Crippen LogP contribution in [0.2, 0.25) is 0 Å². The lowest BCUT2D eigenvalue weighted by Crippen LogP contribution is -2.56. The Balaban J connectivity index is 2.53. The van der Waals surface area contributed by atoms with Crippen molar-refractivity contribution in [2.24, 2.45) is 0 Å². The molecular formula is C12H26N2. The van der Waals surface area contributed by atoms with E-state index >= 15 is 0 Å². The van der Waals surface area contributed by atoms with Crippen molar-refractivity contribution in [1.29, 1.82) is 0 Å². The van der Waals surface area contributed by atoms with Crippen LogP contribution in [0.5, 0.6) is 0 Å². The molecule has 1 heterocycles. The van der Waals surface area contributed by atoms with Gasteiger partial charge in [-0.05, 0) is 34.2 Å². The zero-order valence-electron chi connectivity index (χ0n) is 10.5. The van der Waals surface area contributed by atoms with Crippen molar-refractivity contribution in [1.82, 2.24) is 9.80 Å². The maximum Gasteiger partial charge on any atom is 0.0220 e. The first kappa shape index (κ1) is 12.0. The number of piperazine rings is 1. The van der Waals surface area contributed by atoms with Crippen molar-refractivity contribution in [3.05, 3.63) is 0 Å². The Morgan fingerprint density at radius 1 is 1.21 bits per heavy atom. The molecule has 1 aliphatic heterocycles. The molecule has 0 aromatic rings. The van der Waals surface area contributed by atoms with Gasteiger partial charge >= 0.3 is 0 Å². The second kappa shape index (κ2) is 4.63. The summed E-state index contributed by atoms with van der Waals surface area (Å²) >= 11 is 0. The first-order chi connectivity index (χ1) is 6.45. The van der Waals surface area contributed by atoms with Gasteiger partial charge in [0.05, 0.1) is 0 Å². The molecule has 2 heteroatoms. The van der Waals surface area contributed by atoms with E-state index in [-0.39, 0.29) is 0 Å². The molecule has 14 heavy (non-hydrogen) atoms. The molecule has 1 unspecified atom stereocenters. The number of rotatable bonds is 2. The van der Waals surface area contributed by atoms with Gasteiger partial charge in [-0.2, -0.15) is 0 Å². The second-order valence-corrected chi connectivity index (χ2v) is 5.54. The van der Waals surface area contributed by atoms with Gasteiger partial charge in [0.2, 0.25) is 0 Å². The minimum absolute atomic E-state index is 0.341. The highest BCUT2D eigenvalue weighted by molar-refractivity contribution is 4.86.